The van der Waals surface area contributed by atoms with E-state index in [2.05, 4.69) is 10.0 Å². The molecule has 1 saturated carbocycles. The van der Waals surface area contributed by atoms with Gasteiger partial charge in [-0.25, -0.2) is 13.1 Å². The first kappa shape index (κ1) is 16.7. The predicted octanol–water partition coefficient (Wildman–Crippen LogP) is 1.69. The molecule has 1 aromatic rings. The molecule has 3 rings (SSSR count). The molecular weight excluding hydrogens is 340 g/mol. The number of rotatable bonds is 6. The number of amides is 1. The molecule has 1 aromatic carbocycles. The van der Waals surface area contributed by atoms with Crippen molar-refractivity contribution in [2.75, 3.05) is 13.2 Å². The van der Waals surface area contributed by atoms with Crippen LogP contribution in [0.25, 0.3) is 0 Å². The maximum atomic E-state index is 12.4. The summed E-state index contributed by atoms with van der Waals surface area (Å²) < 4.78 is 32.8. The molecule has 0 unspecified atom stereocenters. The van der Waals surface area contributed by atoms with Crippen molar-refractivity contribution in [2.45, 2.75) is 42.7 Å². The molecule has 0 aromatic heterocycles. The molecule has 8 heteroatoms. The average Bonchev–Trinajstić information content (AvgIpc) is 3.16. The molecule has 2 N–H and O–H groups in total. The molecular formula is C15H19ClN2O4S. The summed E-state index contributed by atoms with van der Waals surface area (Å²) in [4.78, 5) is 12.0. The minimum atomic E-state index is -3.79. The first-order chi connectivity index (χ1) is 11.0. The van der Waals surface area contributed by atoms with E-state index in [4.69, 9.17) is 16.3 Å². The number of carbonyl (C=O) groups excluding carboxylic acids is 1. The van der Waals surface area contributed by atoms with E-state index in [-0.39, 0.29) is 34.5 Å². The first-order valence-electron chi connectivity index (χ1n) is 7.67. The Morgan fingerprint density at radius 2 is 2.09 bits per heavy atom. The van der Waals surface area contributed by atoms with Gasteiger partial charge in [-0.15, -0.1) is 0 Å². The molecule has 0 bridgehead atoms. The van der Waals surface area contributed by atoms with Crippen molar-refractivity contribution >= 4 is 27.5 Å². The lowest BCUT2D eigenvalue weighted by Gasteiger charge is -2.13. The second kappa shape index (κ2) is 6.76. The Morgan fingerprint density at radius 1 is 1.30 bits per heavy atom. The quantitative estimate of drug-likeness (QED) is 0.810. The Bertz CT molecular complexity index is 697. The number of hydrogen-bond acceptors (Lipinski definition) is 4. The molecule has 1 aliphatic heterocycles. The summed E-state index contributed by atoms with van der Waals surface area (Å²) in [5.41, 5.74) is 0.291. The molecule has 23 heavy (non-hydrogen) atoms. The van der Waals surface area contributed by atoms with Gasteiger partial charge in [0.25, 0.3) is 5.91 Å². The van der Waals surface area contributed by atoms with E-state index < -0.39 is 10.0 Å². The summed E-state index contributed by atoms with van der Waals surface area (Å²) in [5.74, 6) is -0.278. The normalized spacial score (nSPS) is 21.3. The van der Waals surface area contributed by atoms with Gasteiger partial charge in [0.15, 0.2) is 0 Å². The van der Waals surface area contributed by atoms with Crippen LogP contribution in [0.1, 0.15) is 36.0 Å². The van der Waals surface area contributed by atoms with Crippen LogP contribution in [0.3, 0.4) is 0 Å². The van der Waals surface area contributed by atoms with Crippen molar-refractivity contribution in [3.05, 3.63) is 28.8 Å². The Kier molecular flexibility index (Phi) is 4.91. The van der Waals surface area contributed by atoms with Crippen molar-refractivity contribution in [3.8, 4) is 0 Å². The number of sulfonamides is 1. The molecule has 1 heterocycles. The first-order valence-corrected chi connectivity index (χ1v) is 9.53. The van der Waals surface area contributed by atoms with Gasteiger partial charge in [-0.05, 0) is 43.9 Å². The van der Waals surface area contributed by atoms with E-state index in [1.54, 1.807) is 0 Å². The number of nitrogens with one attached hydrogen (secondary N) is 2. The second-order valence-electron chi connectivity index (χ2n) is 5.88. The standard InChI is InChI=1S/C15H19ClN2O4S/c16-13-6-3-10(15(19)18-11-4-5-11)8-14(13)23(20,21)17-9-12-2-1-7-22-12/h3,6,8,11-12,17H,1-2,4-5,7,9H2,(H,18,19)/t12-/m0/s1. The van der Waals surface area contributed by atoms with Crippen LogP contribution >= 0.6 is 11.6 Å². The molecule has 6 nitrogen and oxygen atoms in total. The molecule has 0 radical (unpaired) electrons. The summed E-state index contributed by atoms with van der Waals surface area (Å²) in [6.45, 7) is 0.862. The Balaban J connectivity index is 1.74. The van der Waals surface area contributed by atoms with Crippen LogP contribution in [-0.4, -0.2) is 39.6 Å². The minimum absolute atomic E-state index is 0.0828. The van der Waals surface area contributed by atoms with Crippen molar-refractivity contribution in [1.29, 1.82) is 0 Å². The highest BCUT2D eigenvalue weighted by Gasteiger charge is 2.26. The molecule has 2 fully saturated rings. The lowest BCUT2D eigenvalue weighted by Crippen LogP contribution is -2.32. The van der Waals surface area contributed by atoms with E-state index in [1.807, 2.05) is 0 Å². The largest absolute Gasteiger partial charge is 0.377 e. The van der Waals surface area contributed by atoms with Gasteiger partial charge in [0.2, 0.25) is 10.0 Å². The maximum Gasteiger partial charge on any atom is 0.251 e. The summed E-state index contributed by atoms with van der Waals surface area (Å²) in [5, 5.41) is 2.92. The van der Waals surface area contributed by atoms with E-state index in [0.717, 1.165) is 25.7 Å². The fourth-order valence-electron chi connectivity index (χ4n) is 2.43. The maximum absolute atomic E-state index is 12.4. The topological polar surface area (TPSA) is 84.5 Å². The minimum Gasteiger partial charge on any atom is -0.377 e. The van der Waals surface area contributed by atoms with Gasteiger partial charge in [0.1, 0.15) is 4.90 Å². The second-order valence-corrected chi connectivity index (χ2v) is 8.02. The van der Waals surface area contributed by atoms with Crippen LogP contribution in [0.15, 0.2) is 23.1 Å². The highest BCUT2D eigenvalue weighted by molar-refractivity contribution is 7.89. The molecule has 1 amide bonds. The third-order valence-electron chi connectivity index (χ3n) is 3.92. The molecule has 1 atom stereocenters. The van der Waals surface area contributed by atoms with Crippen molar-refractivity contribution in [3.63, 3.8) is 0 Å². The number of ether oxygens (including phenoxy) is 1. The van der Waals surface area contributed by atoms with Crippen LogP contribution in [-0.2, 0) is 14.8 Å². The van der Waals surface area contributed by atoms with Gasteiger partial charge < -0.3 is 10.1 Å². The fourth-order valence-corrected chi connectivity index (χ4v) is 4.02. The van der Waals surface area contributed by atoms with Crippen LogP contribution in [0.5, 0.6) is 0 Å². The summed E-state index contributed by atoms with van der Waals surface area (Å²) >= 11 is 6.02. The summed E-state index contributed by atoms with van der Waals surface area (Å²) in [7, 11) is -3.79. The van der Waals surface area contributed by atoms with Crippen LogP contribution < -0.4 is 10.0 Å². The number of hydrogen-bond donors (Lipinski definition) is 2. The Labute approximate surface area is 140 Å². The monoisotopic (exact) mass is 358 g/mol. The van der Waals surface area contributed by atoms with Gasteiger partial charge >= 0.3 is 0 Å². The fraction of sp³-hybridized carbons (Fsp3) is 0.533. The molecule has 1 saturated heterocycles. The summed E-state index contributed by atoms with van der Waals surface area (Å²) in [6.07, 6.45) is 3.59. The SMILES string of the molecule is O=C(NC1CC1)c1ccc(Cl)c(S(=O)(=O)NC[C@@H]2CCCO2)c1. The summed E-state index contributed by atoms with van der Waals surface area (Å²) in [6, 6.07) is 4.48. The van der Waals surface area contributed by atoms with Gasteiger partial charge in [-0.2, -0.15) is 0 Å². The Morgan fingerprint density at radius 3 is 2.74 bits per heavy atom. The lowest BCUT2D eigenvalue weighted by molar-refractivity contribution is 0.0951. The Hall–Kier alpha value is -1.15. The average molecular weight is 359 g/mol. The highest BCUT2D eigenvalue weighted by atomic mass is 35.5. The van der Waals surface area contributed by atoms with Gasteiger partial charge in [0.05, 0.1) is 11.1 Å². The number of halogens is 1. The van der Waals surface area contributed by atoms with Crippen molar-refractivity contribution in [1.82, 2.24) is 10.0 Å². The zero-order valence-corrected chi connectivity index (χ0v) is 14.1. The molecule has 1 aliphatic carbocycles. The van der Waals surface area contributed by atoms with Gasteiger partial charge in [0, 0.05) is 24.8 Å². The van der Waals surface area contributed by atoms with Crippen LogP contribution in [0, 0.1) is 0 Å². The lowest BCUT2D eigenvalue weighted by atomic mass is 10.2. The van der Waals surface area contributed by atoms with Gasteiger partial charge in [-0.1, -0.05) is 11.6 Å². The zero-order chi connectivity index (χ0) is 16.4. The molecule has 0 spiro atoms. The van der Waals surface area contributed by atoms with E-state index in [1.165, 1.54) is 18.2 Å². The zero-order valence-electron chi connectivity index (χ0n) is 12.5. The van der Waals surface area contributed by atoms with Gasteiger partial charge in [-0.3, -0.25) is 4.79 Å². The predicted molar refractivity (Wildman–Crippen MR) is 86.1 cm³/mol. The highest BCUT2D eigenvalue weighted by Crippen LogP contribution is 2.24. The van der Waals surface area contributed by atoms with Crippen molar-refractivity contribution < 1.29 is 17.9 Å². The smallest absolute Gasteiger partial charge is 0.251 e. The van der Waals surface area contributed by atoms with Crippen molar-refractivity contribution in [2.24, 2.45) is 0 Å². The molecule has 2 aliphatic rings. The van der Waals surface area contributed by atoms with E-state index in [0.29, 0.717) is 12.2 Å². The third-order valence-corrected chi connectivity index (χ3v) is 5.83. The molecule has 126 valence electrons. The third kappa shape index (κ3) is 4.23. The number of carbonyl (C=O) groups is 1. The number of benzene rings is 1. The van der Waals surface area contributed by atoms with Crippen LogP contribution in [0.2, 0.25) is 5.02 Å². The van der Waals surface area contributed by atoms with E-state index >= 15 is 0 Å². The van der Waals surface area contributed by atoms with E-state index in [9.17, 15) is 13.2 Å². The van der Waals surface area contributed by atoms with Crippen LogP contribution in [0.4, 0.5) is 0 Å².